The van der Waals surface area contributed by atoms with Gasteiger partial charge in [0.1, 0.15) is 0 Å². The normalized spacial score (nSPS) is 10.6. The van der Waals surface area contributed by atoms with E-state index in [-0.39, 0.29) is 23.9 Å². The van der Waals surface area contributed by atoms with Crippen molar-refractivity contribution in [3.63, 3.8) is 0 Å². The Balaban J connectivity index is -0.000000273. The number of unbranched alkanes of at least 4 members (excludes halogenated alkanes) is 40. The van der Waals surface area contributed by atoms with Gasteiger partial charge in [0.25, 0.3) is 0 Å². The number of carbonyl (C=O) groups is 4. The third kappa shape index (κ3) is 86.4. The van der Waals surface area contributed by atoms with Gasteiger partial charge in [0.2, 0.25) is 0 Å². The van der Waals surface area contributed by atoms with E-state index in [4.69, 9.17) is 9.47 Å². The quantitative estimate of drug-likeness (QED) is 0.0255. The minimum atomic E-state index is -1.39. The van der Waals surface area contributed by atoms with Gasteiger partial charge in [-0.1, -0.05) is 311 Å². The van der Waals surface area contributed by atoms with Crippen molar-refractivity contribution < 1.29 is 38.9 Å². The average Bonchev–Trinajstić information content (AvgIpc) is 3.33. The molecule has 69 heavy (non-hydrogen) atoms. The number of ether oxygens (including phenoxy) is 2. The monoisotopic (exact) mass is 1080 g/mol. The summed E-state index contributed by atoms with van der Waals surface area (Å²) in [7, 11) is 0. The third-order valence-electron chi connectivity index (χ3n) is 11.9. The molecule has 0 fully saturated rings. The standard InChI is InChI=1S/2C18H32O4.2C12H25.Sn/c2*1-2-3-4-5-6-7-8-9-10-11-12-13-16-22-18(21)15-14-17(19)20;2*1-3-5-7-9-11-12-10-8-6-4-2;/h2*14-15H,2-13,16H2,1H3,(H,19,20);2*1,3-12H2,2H3;/q;;;;+2/p-2/b2*15-14-;;;. The number of esters is 2. The fraction of sp³-hybridized carbons (Fsp3) is 0.833. The van der Waals surface area contributed by atoms with Crippen LogP contribution in [0.5, 0.6) is 0 Å². The molecule has 0 aromatic heterocycles. The third-order valence-corrected chi connectivity index (χ3v) is 11.9. The fourth-order valence-electron chi connectivity index (χ4n) is 7.57. The topological polar surface area (TPSA) is 133 Å². The van der Waals surface area contributed by atoms with E-state index in [2.05, 4.69) is 41.5 Å². The van der Waals surface area contributed by atoms with E-state index < -0.39 is 23.9 Å². The van der Waals surface area contributed by atoms with Gasteiger partial charge in [0.15, 0.2) is 0 Å². The molecule has 0 aromatic rings. The van der Waals surface area contributed by atoms with E-state index >= 15 is 0 Å². The van der Waals surface area contributed by atoms with Crippen molar-refractivity contribution in [2.45, 2.75) is 310 Å². The number of carboxylic acids is 2. The molecule has 0 N–H and O–H groups in total. The van der Waals surface area contributed by atoms with Crippen molar-refractivity contribution in [1.82, 2.24) is 0 Å². The largest absolute Gasteiger partial charge is 2.00 e. The van der Waals surface area contributed by atoms with Gasteiger partial charge in [-0.05, 0) is 25.0 Å². The summed E-state index contributed by atoms with van der Waals surface area (Å²) < 4.78 is 9.73. The summed E-state index contributed by atoms with van der Waals surface area (Å²) in [6, 6.07) is 0. The Morgan fingerprint density at radius 2 is 0.478 bits per heavy atom. The van der Waals surface area contributed by atoms with Gasteiger partial charge in [0, 0.05) is 12.2 Å². The van der Waals surface area contributed by atoms with E-state index in [0.29, 0.717) is 25.4 Å². The maximum atomic E-state index is 11.0. The minimum absolute atomic E-state index is 0. The number of hydrogen-bond donors (Lipinski definition) is 0. The Kier molecular flexibility index (Phi) is 80.2. The maximum Gasteiger partial charge on any atom is 2.00 e. The Hall–Kier alpha value is -1.84. The molecule has 9 heteroatoms. The molecular formula is C60H112O8Sn. The molecule has 0 aliphatic carbocycles. The molecule has 0 aliphatic heterocycles. The second-order valence-electron chi connectivity index (χ2n) is 18.8. The number of hydrogen-bond acceptors (Lipinski definition) is 8. The van der Waals surface area contributed by atoms with Gasteiger partial charge in [-0.15, -0.1) is 0 Å². The van der Waals surface area contributed by atoms with Gasteiger partial charge in [-0.25, -0.2) is 9.59 Å². The van der Waals surface area contributed by atoms with Crippen LogP contribution in [0.4, 0.5) is 0 Å². The minimum Gasteiger partial charge on any atom is -0.545 e. The first kappa shape index (κ1) is 76.1. The molecule has 404 valence electrons. The summed E-state index contributed by atoms with van der Waals surface area (Å²) in [5, 5.41) is 20.2. The SMILES string of the molecule is CCCCCCCCCCCCCCOC(=O)/C=C\C(=O)[O-].CCCCCCCCCCCCCCOC(=O)/C=C\C(=O)[O-].[CH2]CCCCCCCCCCC.[CH2]CCCCCCCCCCC.[Sn+2]. The average molecular weight is 1080 g/mol. The van der Waals surface area contributed by atoms with E-state index in [1.807, 2.05) is 0 Å². The molecular weight excluding hydrogens is 967 g/mol. The summed E-state index contributed by atoms with van der Waals surface area (Å²) >= 11 is 0. The number of aliphatic carboxylic acids is 2. The number of carboxylic acid groups (broad SMARTS) is 2. The van der Waals surface area contributed by atoms with Crippen molar-refractivity contribution in [2.24, 2.45) is 0 Å². The molecule has 8 nitrogen and oxygen atoms in total. The van der Waals surface area contributed by atoms with Crippen LogP contribution in [0.15, 0.2) is 24.3 Å². The van der Waals surface area contributed by atoms with Crippen LogP contribution >= 0.6 is 0 Å². The zero-order chi connectivity index (χ0) is 51.1. The molecule has 0 atom stereocenters. The van der Waals surface area contributed by atoms with Gasteiger partial charge >= 0.3 is 35.8 Å². The van der Waals surface area contributed by atoms with E-state index in [1.54, 1.807) is 0 Å². The van der Waals surface area contributed by atoms with Crippen LogP contribution in [-0.4, -0.2) is 61.0 Å². The second-order valence-corrected chi connectivity index (χ2v) is 18.8. The predicted molar refractivity (Wildman–Crippen MR) is 293 cm³/mol. The first-order chi connectivity index (χ1) is 33.2. The Labute approximate surface area is 445 Å². The maximum absolute atomic E-state index is 11.0. The molecule has 0 spiro atoms. The Morgan fingerprint density at radius 3 is 0.652 bits per heavy atom. The van der Waals surface area contributed by atoms with Gasteiger partial charge in [-0.3, -0.25) is 0 Å². The van der Waals surface area contributed by atoms with E-state index in [9.17, 15) is 29.4 Å². The molecule has 0 rings (SSSR count). The molecule has 0 heterocycles. The van der Waals surface area contributed by atoms with Crippen molar-refractivity contribution >= 4 is 47.8 Å². The first-order valence-corrected chi connectivity index (χ1v) is 28.9. The van der Waals surface area contributed by atoms with Gasteiger partial charge in [0.05, 0.1) is 25.2 Å². The van der Waals surface area contributed by atoms with E-state index in [0.717, 1.165) is 50.7 Å². The van der Waals surface area contributed by atoms with E-state index in [1.165, 1.54) is 244 Å². The molecule has 0 amide bonds. The zero-order valence-electron chi connectivity index (χ0n) is 46.0. The number of carbonyl (C=O) groups excluding carboxylic acids is 4. The van der Waals surface area contributed by atoms with Crippen LogP contribution < -0.4 is 10.2 Å². The van der Waals surface area contributed by atoms with Crippen molar-refractivity contribution in [3.8, 4) is 0 Å². The smallest absolute Gasteiger partial charge is 0.545 e. The Morgan fingerprint density at radius 1 is 0.304 bits per heavy atom. The summed E-state index contributed by atoms with van der Waals surface area (Å²) in [5.74, 6) is -4.01. The van der Waals surface area contributed by atoms with Crippen molar-refractivity contribution in [3.05, 3.63) is 38.2 Å². The van der Waals surface area contributed by atoms with Crippen LogP contribution in [0.1, 0.15) is 310 Å². The van der Waals surface area contributed by atoms with Crippen LogP contribution in [0.3, 0.4) is 0 Å². The van der Waals surface area contributed by atoms with Gasteiger partial charge in [-0.2, -0.15) is 0 Å². The molecule has 0 bridgehead atoms. The van der Waals surface area contributed by atoms with Gasteiger partial charge < -0.3 is 29.3 Å². The predicted octanol–water partition coefficient (Wildman–Crippen LogP) is 16.2. The van der Waals surface area contributed by atoms with Crippen molar-refractivity contribution in [2.75, 3.05) is 13.2 Å². The van der Waals surface area contributed by atoms with Crippen LogP contribution in [-0.2, 0) is 28.7 Å². The molecule has 0 unspecified atom stereocenters. The second kappa shape index (κ2) is 72.7. The summed E-state index contributed by atoms with van der Waals surface area (Å²) in [6.45, 7) is 17.4. The molecule has 0 aliphatic rings. The number of rotatable bonds is 48. The van der Waals surface area contributed by atoms with Crippen LogP contribution in [0.2, 0.25) is 0 Å². The Bertz CT molecular complexity index is 960. The summed E-state index contributed by atoms with van der Waals surface area (Å²) in [4.78, 5) is 42.3. The van der Waals surface area contributed by atoms with Crippen molar-refractivity contribution in [1.29, 1.82) is 0 Å². The molecule has 0 aromatic carbocycles. The zero-order valence-corrected chi connectivity index (χ0v) is 48.9. The molecule has 0 saturated heterocycles. The van der Waals surface area contributed by atoms with Crippen LogP contribution in [0.25, 0.3) is 0 Å². The first-order valence-electron chi connectivity index (χ1n) is 28.9. The summed E-state index contributed by atoms with van der Waals surface area (Å²) in [5.41, 5.74) is 0. The fourth-order valence-corrected chi connectivity index (χ4v) is 7.57. The van der Waals surface area contributed by atoms with Crippen LogP contribution in [0, 0.1) is 13.8 Å². The molecule has 4 radical (unpaired) electrons. The molecule has 0 saturated carbocycles. The summed E-state index contributed by atoms with van der Waals surface area (Å²) in [6.07, 6.45) is 61.1.